The van der Waals surface area contributed by atoms with Crippen molar-refractivity contribution in [1.82, 2.24) is 5.32 Å². The number of hydrogen-bond acceptors (Lipinski definition) is 2. The summed E-state index contributed by atoms with van der Waals surface area (Å²) >= 11 is 11.9. The maximum absolute atomic E-state index is 11.9. The highest BCUT2D eigenvalue weighted by Crippen LogP contribution is 2.29. The number of benzene rings is 1. The predicted octanol–water partition coefficient (Wildman–Crippen LogP) is 3.77. The summed E-state index contributed by atoms with van der Waals surface area (Å²) in [5, 5.41) is 6.18. The van der Waals surface area contributed by atoms with Gasteiger partial charge in [-0.1, -0.05) is 48.5 Å². The Balaban J connectivity index is 1.85. The van der Waals surface area contributed by atoms with E-state index < -0.39 is 5.91 Å². The first-order valence-electron chi connectivity index (χ1n) is 7.09. The van der Waals surface area contributed by atoms with E-state index in [1.165, 1.54) is 6.42 Å². The fourth-order valence-electron chi connectivity index (χ4n) is 2.47. The van der Waals surface area contributed by atoms with Gasteiger partial charge in [0.25, 0.3) is 0 Å². The molecule has 0 bridgehead atoms. The zero-order valence-corrected chi connectivity index (χ0v) is 13.1. The molecular weight excluding hydrogens is 311 g/mol. The Bertz CT molecular complexity index is 508. The minimum Gasteiger partial charge on any atom is -0.353 e. The molecule has 1 aliphatic rings. The van der Waals surface area contributed by atoms with Crippen LogP contribution in [0.4, 0.5) is 5.69 Å². The van der Waals surface area contributed by atoms with Crippen LogP contribution in [0.15, 0.2) is 18.2 Å². The topological polar surface area (TPSA) is 58.2 Å². The highest BCUT2D eigenvalue weighted by atomic mass is 35.5. The van der Waals surface area contributed by atoms with Crippen LogP contribution < -0.4 is 10.6 Å². The van der Waals surface area contributed by atoms with E-state index in [0.29, 0.717) is 15.7 Å². The number of nitrogens with one attached hydrogen (secondary N) is 2. The van der Waals surface area contributed by atoms with Crippen molar-refractivity contribution in [2.75, 3.05) is 5.32 Å². The van der Waals surface area contributed by atoms with Gasteiger partial charge < -0.3 is 10.6 Å². The monoisotopic (exact) mass is 328 g/mol. The van der Waals surface area contributed by atoms with Gasteiger partial charge in [0, 0.05) is 6.04 Å². The minimum atomic E-state index is -0.418. The van der Waals surface area contributed by atoms with Crippen molar-refractivity contribution < 1.29 is 9.59 Å². The Morgan fingerprint density at radius 1 is 1.05 bits per heavy atom. The van der Waals surface area contributed by atoms with E-state index in [9.17, 15) is 9.59 Å². The molecule has 1 aliphatic carbocycles. The molecule has 2 rings (SSSR count). The lowest BCUT2D eigenvalue weighted by Gasteiger charge is -2.22. The van der Waals surface area contributed by atoms with Crippen molar-refractivity contribution in [1.29, 1.82) is 0 Å². The summed E-state index contributed by atoms with van der Waals surface area (Å²) < 4.78 is 0. The van der Waals surface area contributed by atoms with Crippen molar-refractivity contribution in [3.63, 3.8) is 0 Å². The molecule has 0 spiro atoms. The summed E-state index contributed by atoms with van der Waals surface area (Å²) in [6.07, 6.45) is 5.24. The first-order valence-corrected chi connectivity index (χ1v) is 7.85. The van der Waals surface area contributed by atoms with Crippen LogP contribution in [0, 0.1) is 0 Å². The van der Waals surface area contributed by atoms with Crippen LogP contribution >= 0.6 is 23.2 Å². The molecule has 6 heteroatoms. The molecule has 4 nitrogen and oxygen atoms in total. The van der Waals surface area contributed by atoms with Crippen molar-refractivity contribution >= 4 is 40.7 Å². The maximum atomic E-state index is 11.9. The van der Waals surface area contributed by atoms with Gasteiger partial charge in [-0.25, -0.2) is 0 Å². The lowest BCUT2D eigenvalue weighted by atomic mass is 9.95. The van der Waals surface area contributed by atoms with Crippen molar-refractivity contribution in [2.24, 2.45) is 0 Å². The van der Waals surface area contributed by atoms with Gasteiger partial charge in [-0.2, -0.15) is 0 Å². The molecule has 21 heavy (non-hydrogen) atoms. The summed E-state index contributed by atoms with van der Waals surface area (Å²) in [6, 6.07) is 5.15. The third-order valence-electron chi connectivity index (χ3n) is 3.52. The van der Waals surface area contributed by atoms with Gasteiger partial charge >= 0.3 is 0 Å². The van der Waals surface area contributed by atoms with Crippen LogP contribution in [0.25, 0.3) is 0 Å². The number of carbonyl (C=O) groups excluding carboxylic acids is 2. The third kappa shape index (κ3) is 4.90. The average molecular weight is 329 g/mol. The number of carbonyl (C=O) groups is 2. The first kappa shape index (κ1) is 16.1. The van der Waals surface area contributed by atoms with Crippen molar-refractivity contribution in [2.45, 2.75) is 44.6 Å². The molecule has 0 atom stereocenters. The molecule has 2 amide bonds. The number of halogens is 2. The summed E-state index contributed by atoms with van der Waals surface area (Å²) in [7, 11) is 0. The van der Waals surface area contributed by atoms with Gasteiger partial charge in [0.1, 0.15) is 6.42 Å². The molecule has 0 heterocycles. The molecule has 114 valence electrons. The maximum Gasteiger partial charge on any atom is 0.233 e. The van der Waals surface area contributed by atoms with Gasteiger partial charge in [-0.05, 0) is 25.0 Å². The summed E-state index contributed by atoms with van der Waals surface area (Å²) in [6.45, 7) is 0. The average Bonchev–Trinajstić information content (AvgIpc) is 2.44. The Hall–Kier alpha value is -1.26. The van der Waals surface area contributed by atoms with Crippen LogP contribution in [0.5, 0.6) is 0 Å². The second-order valence-corrected chi connectivity index (χ2v) is 6.04. The van der Waals surface area contributed by atoms with Crippen LogP contribution in [0.1, 0.15) is 38.5 Å². The van der Waals surface area contributed by atoms with Gasteiger partial charge in [0.05, 0.1) is 15.7 Å². The first-order chi connectivity index (χ1) is 10.1. The molecule has 0 aliphatic heterocycles. The van der Waals surface area contributed by atoms with Crippen molar-refractivity contribution in [3.8, 4) is 0 Å². The summed E-state index contributed by atoms with van der Waals surface area (Å²) in [5.41, 5.74) is 0.344. The zero-order chi connectivity index (χ0) is 15.2. The molecular formula is C15H18Cl2N2O2. The minimum absolute atomic E-state index is 0.197. The molecule has 0 radical (unpaired) electrons. The quantitative estimate of drug-likeness (QED) is 0.826. The lowest BCUT2D eigenvalue weighted by molar-refractivity contribution is -0.127. The van der Waals surface area contributed by atoms with E-state index in [-0.39, 0.29) is 18.4 Å². The molecule has 1 saturated carbocycles. The second-order valence-electron chi connectivity index (χ2n) is 5.22. The lowest BCUT2D eigenvalue weighted by Crippen LogP contribution is -2.37. The molecule has 1 aromatic rings. The number of para-hydroxylation sites is 1. The van der Waals surface area contributed by atoms with Gasteiger partial charge in [0.2, 0.25) is 11.8 Å². The second kappa shape index (κ2) is 7.66. The van der Waals surface area contributed by atoms with Crippen LogP contribution in [0.3, 0.4) is 0 Å². The fraction of sp³-hybridized carbons (Fsp3) is 0.467. The van der Waals surface area contributed by atoms with E-state index in [0.717, 1.165) is 25.7 Å². The number of anilines is 1. The van der Waals surface area contributed by atoms with Gasteiger partial charge in [-0.3, -0.25) is 9.59 Å². The Kier molecular flexibility index (Phi) is 5.88. The molecule has 2 N–H and O–H groups in total. The highest BCUT2D eigenvalue weighted by Gasteiger charge is 2.18. The largest absolute Gasteiger partial charge is 0.353 e. The molecule has 0 saturated heterocycles. The fourth-order valence-corrected chi connectivity index (χ4v) is 2.96. The zero-order valence-electron chi connectivity index (χ0n) is 11.6. The van der Waals surface area contributed by atoms with E-state index in [1.54, 1.807) is 18.2 Å². The van der Waals surface area contributed by atoms with Crippen LogP contribution in [-0.4, -0.2) is 17.9 Å². The van der Waals surface area contributed by atoms with E-state index >= 15 is 0 Å². The highest BCUT2D eigenvalue weighted by molar-refractivity contribution is 6.39. The van der Waals surface area contributed by atoms with E-state index in [4.69, 9.17) is 23.2 Å². The van der Waals surface area contributed by atoms with Crippen molar-refractivity contribution in [3.05, 3.63) is 28.2 Å². The Morgan fingerprint density at radius 2 is 1.67 bits per heavy atom. The van der Waals surface area contributed by atoms with Gasteiger partial charge in [0.15, 0.2) is 0 Å². The Morgan fingerprint density at radius 3 is 2.29 bits per heavy atom. The standard InChI is InChI=1S/C15H18Cl2N2O2/c16-11-7-4-8-12(17)15(11)19-14(21)9-13(20)18-10-5-2-1-3-6-10/h4,7-8,10H,1-3,5-6,9H2,(H,18,20)(H,19,21). The molecule has 1 fully saturated rings. The normalized spacial score (nSPS) is 15.5. The summed E-state index contributed by atoms with van der Waals surface area (Å²) in [4.78, 5) is 23.7. The molecule has 1 aromatic carbocycles. The van der Waals surface area contributed by atoms with Gasteiger partial charge in [-0.15, -0.1) is 0 Å². The van der Waals surface area contributed by atoms with E-state index in [1.807, 2.05) is 0 Å². The Labute approximate surface area is 134 Å². The predicted molar refractivity (Wildman–Crippen MR) is 84.7 cm³/mol. The number of amides is 2. The smallest absolute Gasteiger partial charge is 0.233 e. The SMILES string of the molecule is O=C(CC(=O)NC1CCCCC1)Nc1c(Cl)cccc1Cl. The summed E-state index contributed by atoms with van der Waals surface area (Å²) in [5.74, 6) is -0.680. The molecule has 0 aromatic heterocycles. The van der Waals surface area contributed by atoms with Crippen LogP contribution in [0.2, 0.25) is 10.0 Å². The number of hydrogen-bond donors (Lipinski definition) is 2. The van der Waals surface area contributed by atoms with Crippen LogP contribution in [-0.2, 0) is 9.59 Å². The molecule has 0 unspecified atom stereocenters. The van der Waals surface area contributed by atoms with E-state index in [2.05, 4.69) is 10.6 Å². The third-order valence-corrected chi connectivity index (χ3v) is 4.15. The number of rotatable bonds is 4.